The number of rotatable bonds is 5. The molecule has 148 valence electrons. The highest BCUT2D eigenvalue weighted by atomic mass is 19.1. The van der Waals surface area contributed by atoms with E-state index in [9.17, 15) is 9.18 Å². The number of nitrogens with zero attached hydrogens (tertiary/aromatic N) is 4. The molecule has 3 aromatic rings. The molecule has 0 spiro atoms. The van der Waals surface area contributed by atoms with Gasteiger partial charge in [0, 0.05) is 44.3 Å². The zero-order valence-corrected chi connectivity index (χ0v) is 16.0. The Hall–Kier alpha value is -3.48. The third-order valence-corrected chi connectivity index (χ3v) is 4.94. The molecule has 0 atom stereocenters. The van der Waals surface area contributed by atoms with E-state index in [1.807, 2.05) is 35.2 Å². The monoisotopic (exact) mass is 391 g/mol. The zero-order chi connectivity index (χ0) is 20.1. The van der Waals surface area contributed by atoms with E-state index in [0.717, 1.165) is 11.4 Å². The Kier molecular flexibility index (Phi) is 5.65. The van der Waals surface area contributed by atoms with E-state index in [4.69, 9.17) is 0 Å². The first kappa shape index (κ1) is 18.9. The van der Waals surface area contributed by atoms with Gasteiger partial charge in [-0.15, -0.1) is 0 Å². The van der Waals surface area contributed by atoms with Gasteiger partial charge in [0.1, 0.15) is 11.5 Å². The van der Waals surface area contributed by atoms with Crippen LogP contribution in [0.2, 0.25) is 0 Å². The number of carbonyl (C=O) groups excluding carboxylic acids is 1. The molecule has 29 heavy (non-hydrogen) atoms. The summed E-state index contributed by atoms with van der Waals surface area (Å²) in [6.45, 7) is 2.80. The number of carbonyl (C=O) groups is 1. The van der Waals surface area contributed by atoms with E-state index in [2.05, 4.69) is 15.3 Å². The van der Waals surface area contributed by atoms with Crippen LogP contribution in [0.3, 0.4) is 0 Å². The van der Waals surface area contributed by atoms with Crippen molar-refractivity contribution in [1.29, 1.82) is 0 Å². The Morgan fingerprint density at radius 1 is 0.966 bits per heavy atom. The van der Waals surface area contributed by atoms with Gasteiger partial charge in [-0.05, 0) is 36.4 Å². The Morgan fingerprint density at radius 3 is 2.52 bits per heavy atom. The fourth-order valence-corrected chi connectivity index (χ4v) is 3.37. The fourth-order valence-electron chi connectivity index (χ4n) is 3.37. The number of amides is 1. The molecule has 0 aliphatic carbocycles. The molecule has 4 rings (SSSR count). The van der Waals surface area contributed by atoms with Gasteiger partial charge in [-0.1, -0.05) is 18.2 Å². The maximum atomic E-state index is 14.0. The van der Waals surface area contributed by atoms with Crippen molar-refractivity contribution in [2.45, 2.75) is 6.54 Å². The van der Waals surface area contributed by atoms with Crippen molar-refractivity contribution < 1.29 is 9.18 Å². The summed E-state index contributed by atoms with van der Waals surface area (Å²) >= 11 is 0. The van der Waals surface area contributed by atoms with Crippen LogP contribution in [0.15, 0.2) is 67.0 Å². The average molecular weight is 391 g/mol. The van der Waals surface area contributed by atoms with Crippen molar-refractivity contribution in [2.24, 2.45) is 0 Å². The average Bonchev–Trinajstić information content (AvgIpc) is 2.79. The molecule has 0 bridgehead atoms. The van der Waals surface area contributed by atoms with E-state index in [0.29, 0.717) is 44.1 Å². The molecule has 0 unspecified atom stereocenters. The molecule has 1 aromatic carbocycles. The largest absolute Gasteiger partial charge is 0.379 e. The Morgan fingerprint density at radius 2 is 1.76 bits per heavy atom. The van der Waals surface area contributed by atoms with Gasteiger partial charge < -0.3 is 15.1 Å². The molecule has 0 radical (unpaired) electrons. The van der Waals surface area contributed by atoms with Gasteiger partial charge >= 0.3 is 0 Å². The lowest BCUT2D eigenvalue weighted by atomic mass is 10.2. The summed E-state index contributed by atoms with van der Waals surface area (Å²) in [4.78, 5) is 25.1. The number of piperazine rings is 1. The summed E-state index contributed by atoms with van der Waals surface area (Å²) in [6, 6.07) is 16.1. The molecule has 1 saturated heterocycles. The highest BCUT2D eigenvalue weighted by Crippen LogP contribution is 2.21. The van der Waals surface area contributed by atoms with Gasteiger partial charge in [0.2, 0.25) is 0 Å². The number of halogens is 1. The van der Waals surface area contributed by atoms with Crippen LogP contribution in [-0.4, -0.2) is 47.0 Å². The van der Waals surface area contributed by atoms with Crippen molar-refractivity contribution >= 4 is 17.3 Å². The Labute approximate surface area is 169 Å². The van der Waals surface area contributed by atoms with Crippen LogP contribution >= 0.6 is 0 Å². The van der Waals surface area contributed by atoms with Gasteiger partial charge in [0.05, 0.1) is 17.9 Å². The smallest absolute Gasteiger partial charge is 0.272 e. The van der Waals surface area contributed by atoms with Crippen LogP contribution in [0.1, 0.15) is 16.2 Å². The minimum Gasteiger partial charge on any atom is -0.379 e. The number of anilines is 2. The predicted molar refractivity (Wildman–Crippen MR) is 110 cm³/mol. The van der Waals surface area contributed by atoms with Crippen molar-refractivity contribution in [3.63, 3.8) is 0 Å². The minimum absolute atomic E-state index is 0.111. The third-order valence-electron chi connectivity index (χ3n) is 4.94. The third kappa shape index (κ3) is 4.51. The van der Waals surface area contributed by atoms with E-state index in [1.54, 1.807) is 35.5 Å². The second-order valence-corrected chi connectivity index (χ2v) is 6.84. The van der Waals surface area contributed by atoms with Gasteiger partial charge in [0.25, 0.3) is 5.91 Å². The van der Waals surface area contributed by atoms with Gasteiger partial charge in [-0.2, -0.15) is 0 Å². The molecular formula is C22H22FN5O. The van der Waals surface area contributed by atoms with Crippen LogP contribution < -0.4 is 10.2 Å². The predicted octanol–water partition coefficient (Wildman–Crippen LogP) is 3.19. The molecule has 1 aliphatic rings. The Bertz CT molecular complexity index is 974. The molecule has 2 aromatic heterocycles. The fraction of sp³-hybridized carbons (Fsp3) is 0.227. The molecule has 1 amide bonds. The summed E-state index contributed by atoms with van der Waals surface area (Å²) in [5.41, 5.74) is 2.72. The van der Waals surface area contributed by atoms with Crippen molar-refractivity contribution in [3.8, 4) is 0 Å². The molecule has 6 nitrogen and oxygen atoms in total. The number of benzene rings is 1. The number of hydrogen-bond donors (Lipinski definition) is 1. The number of hydrogen-bond acceptors (Lipinski definition) is 5. The molecule has 1 fully saturated rings. The van der Waals surface area contributed by atoms with E-state index in [1.165, 1.54) is 6.07 Å². The summed E-state index contributed by atoms with van der Waals surface area (Å²) < 4.78 is 14.0. The standard InChI is InChI=1S/C22H22FN5O/c23-19-6-1-2-7-21(19)27-11-13-28(14-12-27)22(29)20-15-17(8-10-25-20)26-16-18-5-3-4-9-24-18/h1-10,15H,11-14,16H2,(H,25,26). The lowest BCUT2D eigenvalue weighted by Gasteiger charge is -2.36. The number of aromatic nitrogens is 2. The second-order valence-electron chi connectivity index (χ2n) is 6.84. The van der Waals surface area contributed by atoms with Crippen LogP contribution in [-0.2, 0) is 6.54 Å². The topological polar surface area (TPSA) is 61.4 Å². The molecule has 1 aliphatic heterocycles. The van der Waals surface area contributed by atoms with Gasteiger partial charge in [0.15, 0.2) is 0 Å². The van der Waals surface area contributed by atoms with Crippen LogP contribution in [0.5, 0.6) is 0 Å². The van der Waals surface area contributed by atoms with E-state index >= 15 is 0 Å². The molecule has 3 heterocycles. The molecule has 1 N–H and O–H groups in total. The quantitative estimate of drug-likeness (QED) is 0.724. The highest BCUT2D eigenvalue weighted by molar-refractivity contribution is 5.93. The van der Waals surface area contributed by atoms with Crippen molar-refractivity contribution in [3.05, 3.63) is 84.2 Å². The summed E-state index contributed by atoms with van der Waals surface area (Å²) in [6.07, 6.45) is 3.38. The summed E-state index contributed by atoms with van der Waals surface area (Å²) in [5.74, 6) is -0.347. The van der Waals surface area contributed by atoms with Crippen molar-refractivity contribution in [2.75, 3.05) is 36.4 Å². The SMILES string of the molecule is O=C(c1cc(NCc2ccccn2)ccn1)N1CCN(c2ccccc2F)CC1. The second kappa shape index (κ2) is 8.68. The molecular weight excluding hydrogens is 369 g/mol. The van der Waals surface area contributed by atoms with E-state index < -0.39 is 0 Å². The van der Waals surface area contributed by atoms with Crippen LogP contribution in [0.4, 0.5) is 15.8 Å². The molecule has 0 saturated carbocycles. The number of nitrogens with one attached hydrogen (secondary N) is 1. The summed E-state index contributed by atoms with van der Waals surface area (Å²) in [5, 5.41) is 3.27. The summed E-state index contributed by atoms with van der Waals surface area (Å²) in [7, 11) is 0. The van der Waals surface area contributed by atoms with Crippen LogP contribution in [0.25, 0.3) is 0 Å². The van der Waals surface area contributed by atoms with Crippen molar-refractivity contribution in [1.82, 2.24) is 14.9 Å². The first-order valence-corrected chi connectivity index (χ1v) is 9.59. The highest BCUT2D eigenvalue weighted by Gasteiger charge is 2.24. The van der Waals surface area contributed by atoms with Gasteiger partial charge in [-0.25, -0.2) is 4.39 Å². The normalized spacial score (nSPS) is 14.0. The number of para-hydroxylation sites is 1. The Balaban J connectivity index is 1.37. The van der Waals surface area contributed by atoms with E-state index in [-0.39, 0.29) is 11.7 Å². The zero-order valence-electron chi connectivity index (χ0n) is 16.0. The van der Waals surface area contributed by atoms with Gasteiger partial charge in [-0.3, -0.25) is 14.8 Å². The first-order valence-electron chi connectivity index (χ1n) is 9.59. The lowest BCUT2D eigenvalue weighted by molar-refractivity contribution is 0.0741. The number of pyridine rings is 2. The molecule has 7 heteroatoms. The maximum Gasteiger partial charge on any atom is 0.272 e. The minimum atomic E-state index is -0.236. The first-order chi connectivity index (χ1) is 14.2. The lowest BCUT2D eigenvalue weighted by Crippen LogP contribution is -2.49. The maximum absolute atomic E-state index is 14.0. The van der Waals surface area contributed by atoms with Crippen LogP contribution in [0, 0.1) is 5.82 Å².